The zero-order valence-corrected chi connectivity index (χ0v) is 11.9. The molecule has 0 bridgehead atoms. The molecule has 2 nitrogen and oxygen atoms in total. The number of alkyl halides is 1. The minimum atomic E-state index is -0.367. The van der Waals surface area contributed by atoms with Gasteiger partial charge in [0.1, 0.15) is 11.6 Å². The summed E-state index contributed by atoms with van der Waals surface area (Å²) >= 11 is 8.96. The number of benzene rings is 1. The number of hydrogen-bond acceptors (Lipinski definition) is 2. The zero-order valence-electron chi connectivity index (χ0n) is 9.58. The quantitative estimate of drug-likeness (QED) is 0.753. The average Bonchev–Trinajstić information content (AvgIpc) is 2.27. The first kappa shape index (κ1) is 13.3. The molecular weight excluding hydrogens is 321 g/mol. The minimum absolute atomic E-state index is 0.367. The highest BCUT2D eigenvalue weighted by Crippen LogP contribution is 2.25. The largest absolute Gasteiger partial charge is 0.439 e. The molecule has 0 spiro atoms. The fourth-order valence-electron chi connectivity index (χ4n) is 1.47. The maximum absolute atomic E-state index is 13.2. The molecule has 94 valence electrons. The fraction of sp³-hybridized carbons (Fsp3) is 0.154. The van der Waals surface area contributed by atoms with Crippen LogP contribution in [-0.4, -0.2) is 4.98 Å². The third-order valence-electron chi connectivity index (χ3n) is 2.37. The van der Waals surface area contributed by atoms with E-state index in [1.165, 1.54) is 12.1 Å². The summed E-state index contributed by atoms with van der Waals surface area (Å²) in [6.07, 6.45) is 0. The number of halogens is 3. The number of aromatic nitrogens is 1. The van der Waals surface area contributed by atoms with Crippen LogP contribution in [0.25, 0.3) is 0 Å². The summed E-state index contributed by atoms with van der Waals surface area (Å²) in [5.41, 5.74) is 1.75. The zero-order chi connectivity index (χ0) is 13.1. The number of rotatable bonds is 3. The molecular formula is C13H10BrClFNO. The van der Waals surface area contributed by atoms with Gasteiger partial charge in [0.05, 0.1) is 0 Å². The predicted molar refractivity (Wildman–Crippen MR) is 72.7 cm³/mol. The molecule has 1 heterocycles. The summed E-state index contributed by atoms with van der Waals surface area (Å²) < 4.78 is 19.3. The number of pyridine rings is 1. The van der Waals surface area contributed by atoms with Crippen LogP contribution in [-0.2, 0) is 5.88 Å². The first-order valence-electron chi connectivity index (χ1n) is 5.25. The lowest BCUT2D eigenvalue weighted by molar-refractivity contribution is 0.456. The highest BCUT2D eigenvalue weighted by Gasteiger charge is 2.05. The Kier molecular flexibility index (Phi) is 4.19. The van der Waals surface area contributed by atoms with Gasteiger partial charge in [-0.2, -0.15) is 0 Å². The smallest absolute Gasteiger partial charge is 0.219 e. The Morgan fingerprint density at radius 1 is 1.33 bits per heavy atom. The van der Waals surface area contributed by atoms with Crippen molar-refractivity contribution in [3.8, 4) is 11.6 Å². The number of hydrogen-bond donors (Lipinski definition) is 0. The molecule has 2 aromatic rings. The van der Waals surface area contributed by atoms with Crippen molar-refractivity contribution in [3.63, 3.8) is 0 Å². The van der Waals surface area contributed by atoms with E-state index in [1.807, 2.05) is 13.0 Å². The van der Waals surface area contributed by atoms with E-state index in [4.69, 9.17) is 16.3 Å². The molecule has 0 fully saturated rings. The summed E-state index contributed by atoms with van der Waals surface area (Å²) in [4.78, 5) is 4.25. The van der Waals surface area contributed by atoms with Crippen LogP contribution >= 0.6 is 27.5 Å². The molecule has 0 N–H and O–H groups in total. The van der Waals surface area contributed by atoms with Crippen LogP contribution in [0.5, 0.6) is 11.6 Å². The Labute approximate surface area is 118 Å². The fourth-order valence-corrected chi connectivity index (χ4v) is 2.20. The topological polar surface area (TPSA) is 22.1 Å². The summed E-state index contributed by atoms with van der Waals surface area (Å²) in [5.74, 6) is 0.852. The summed E-state index contributed by atoms with van der Waals surface area (Å²) in [5, 5.41) is 0. The van der Waals surface area contributed by atoms with Gasteiger partial charge in [-0.3, -0.25) is 0 Å². The predicted octanol–water partition coefficient (Wildman–Crippen LogP) is 4.82. The highest BCUT2D eigenvalue weighted by atomic mass is 79.9. The van der Waals surface area contributed by atoms with Gasteiger partial charge in [0.25, 0.3) is 0 Å². The first-order valence-corrected chi connectivity index (χ1v) is 6.57. The summed E-state index contributed by atoms with van der Waals surface area (Å²) in [6, 6.07) is 7.90. The molecule has 0 atom stereocenters. The Morgan fingerprint density at radius 3 is 2.72 bits per heavy atom. The van der Waals surface area contributed by atoms with Gasteiger partial charge in [-0.15, -0.1) is 11.6 Å². The molecule has 0 aliphatic heterocycles. The highest BCUT2D eigenvalue weighted by molar-refractivity contribution is 9.10. The van der Waals surface area contributed by atoms with Crippen LogP contribution in [0.2, 0.25) is 0 Å². The Balaban J connectivity index is 2.25. The molecule has 0 unspecified atom stereocenters. The van der Waals surface area contributed by atoms with Crippen molar-refractivity contribution in [2.45, 2.75) is 12.8 Å². The Bertz CT molecular complexity index is 557. The minimum Gasteiger partial charge on any atom is -0.439 e. The van der Waals surface area contributed by atoms with Crippen molar-refractivity contribution in [2.24, 2.45) is 0 Å². The van der Waals surface area contributed by atoms with Crippen molar-refractivity contribution in [3.05, 3.63) is 51.9 Å². The van der Waals surface area contributed by atoms with E-state index in [-0.39, 0.29) is 5.82 Å². The van der Waals surface area contributed by atoms with E-state index in [0.29, 0.717) is 22.0 Å². The van der Waals surface area contributed by atoms with Crippen LogP contribution < -0.4 is 4.74 Å². The SMILES string of the molecule is Cc1nc(Oc2cc(F)cc(Br)c2)ccc1CCl. The van der Waals surface area contributed by atoms with E-state index in [2.05, 4.69) is 20.9 Å². The number of ether oxygens (including phenoxy) is 1. The van der Waals surface area contributed by atoms with Crippen LogP contribution in [0.15, 0.2) is 34.8 Å². The van der Waals surface area contributed by atoms with Gasteiger partial charge in [-0.1, -0.05) is 22.0 Å². The van der Waals surface area contributed by atoms with Crippen LogP contribution in [0.3, 0.4) is 0 Å². The van der Waals surface area contributed by atoms with Gasteiger partial charge >= 0.3 is 0 Å². The van der Waals surface area contributed by atoms with Crippen LogP contribution in [0.1, 0.15) is 11.3 Å². The lowest BCUT2D eigenvalue weighted by Gasteiger charge is -2.08. The molecule has 2 rings (SSSR count). The van der Waals surface area contributed by atoms with Crippen molar-refractivity contribution < 1.29 is 9.13 Å². The van der Waals surface area contributed by atoms with Crippen molar-refractivity contribution in [2.75, 3.05) is 0 Å². The third-order valence-corrected chi connectivity index (χ3v) is 3.12. The van der Waals surface area contributed by atoms with E-state index >= 15 is 0 Å². The van der Waals surface area contributed by atoms with E-state index in [1.54, 1.807) is 12.1 Å². The maximum Gasteiger partial charge on any atom is 0.219 e. The molecule has 0 aliphatic rings. The van der Waals surface area contributed by atoms with Crippen molar-refractivity contribution >= 4 is 27.5 Å². The van der Waals surface area contributed by atoms with Gasteiger partial charge < -0.3 is 4.74 Å². The number of aryl methyl sites for hydroxylation is 1. The molecule has 1 aromatic carbocycles. The molecule has 0 radical (unpaired) electrons. The molecule has 0 saturated carbocycles. The number of nitrogens with zero attached hydrogens (tertiary/aromatic N) is 1. The molecule has 0 aliphatic carbocycles. The molecule has 5 heteroatoms. The van der Waals surface area contributed by atoms with Gasteiger partial charge in [-0.05, 0) is 24.6 Å². The van der Waals surface area contributed by atoms with Crippen LogP contribution in [0, 0.1) is 12.7 Å². The standard InChI is InChI=1S/C13H10BrClFNO/c1-8-9(7-15)2-3-13(17-8)18-12-5-10(14)4-11(16)6-12/h2-6H,7H2,1H3. The van der Waals surface area contributed by atoms with E-state index in [9.17, 15) is 4.39 Å². The summed E-state index contributed by atoms with van der Waals surface area (Å²) in [7, 11) is 0. The van der Waals surface area contributed by atoms with Crippen LogP contribution in [0.4, 0.5) is 4.39 Å². The van der Waals surface area contributed by atoms with Gasteiger partial charge in [-0.25, -0.2) is 9.37 Å². The van der Waals surface area contributed by atoms with Crippen molar-refractivity contribution in [1.29, 1.82) is 0 Å². The third kappa shape index (κ3) is 3.21. The van der Waals surface area contributed by atoms with Gasteiger partial charge in [0, 0.05) is 28.2 Å². The van der Waals surface area contributed by atoms with Gasteiger partial charge in [0.2, 0.25) is 5.88 Å². The lowest BCUT2D eigenvalue weighted by Crippen LogP contribution is -1.94. The van der Waals surface area contributed by atoms with E-state index in [0.717, 1.165) is 11.3 Å². The molecule has 0 saturated heterocycles. The molecule has 0 amide bonds. The lowest BCUT2D eigenvalue weighted by atomic mass is 10.2. The van der Waals surface area contributed by atoms with Crippen molar-refractivity contribution in [1.82, 2.24) is 4.98 Å². The second kappa shape index (κ2) is 5.67. The van der Waals surface area contributed by atoms with E-state index < -0.39 is 0 Å². The second-order valence-corrected chi connectivity index (χ2v) is 4.92. The monoisotopic (exact) mass is 329 g/mol. The molecule has 18 heavy (non-hydrogen) atoms. The second-order valence-electron chi connectivity index (χ2n) is 3.73. The first-order chi connectivity index (χ1) is 8.58. The normalized spacial score (nSPS) is 10.4. The summed E-state index contributed by atoms with van der Waals surface area (Å²) in [6.45, 7) is 1.85. The Hall–Kier alpha value is -1.13. The van der Waals surface area contributed by atoms with Gasteiger partial charge in [0.15, 0.2) is 0 Å². The Morgan fingerprint density at radius 2 is 2.11 bits per heavy atom. The molecule has 1 aromatic heterocycles. The average molecular weight is 331 g/mol. The maximum atomic E-state index is 13.2.